The lowest BCUT2D eigenvalue weighted by Gasteiger charge is -2.19. The second-order valence-corrected chi connectivity index (χ2v) is 4.50. The molecule has 0 bridgehead atoms. The Labute approximate surface area is 111 Å². The standard InChI is InChI=1S/C14H15NO4/c1-9(16)11-5-3-4-6-12(11)15-8-10(7-13(15)17)14(18)19-2/h3-6,10H,7-8H2,1-2H3. The van der Waals surface area contributed by atoms with E-state index in [0.29, 0.717) is 11.3 Å². The van der Waals surface area contributed by atoms with E-state index < -0.39 is 11.9 Å². The second kappa shape index (κ2) is 5.22. The smallest absolute Gasteiger partial charge is 0.311 e. The molecule has 2 rings (SSSR count). The molecule has 1 amide bonds. The van der Waals surface area contributed by atoms with Crippen LogP contribution in [-0.2, 0) is 14.3 Å². The number of benzene rings is 1. The predicted octanol–water partition coefficient (Wildman–Crippen LogP) is 1.42. The van der Waals surface area contributed by atoms with Gasteiger partial charge >= 0.3 is 5.97 Å². The summed E-state index contributed by atoms with van der Waals surface area (Å²) in [5.74, 6) is -1.12. The van der Waals surface area contributed by atoms with Crippen LogP contribution in [-0.4, -0.2) is 31.3 Å². The minimum Gasteiger partial charge on any atom is -0.469 e. The van der Waals surface area contributed by atoms with Gasteiger partial charge in [0.1, 0.15) is 0 Å². The first kappa shape index (κ1) is 13.3. The van der Waals surface area contributed by atoms with Crippen LogP contribution in [0.5, 0.6) is 0 Å². The van der Waals surface area contributed by atoms with E-state index in [-0.39, 0.29) is 24.7 Å². The van der Waals surface area contributed by atoms with Gasteiger partial charge in [-0.2, -0.15) is 0 Å². The molecular formula is C14H15NO4. The number of anilines is 1. The van der Waals surface area contributed by atoms with Crippen LogP contribution in [0.25, 0.3) is 0 Å². The van der Waals surface area contributed by atoms with E-state index in [1.807, 2.05) is 0 Å². The van der Waals surface area contributed by atoms with Crippen molar-refractivity contribution in [3.8, 4) is 0 Å². The van der Waals surface area contributed by atoms with Crippen LogP contribution in [0.2, 0.25) is 0 Å². The van der Waals surface area contributed by atoms with E-state index in [4.69, 9.17) is 0 Å². The largest absolute Gasteiger partial charge is 0.469 e. The Bertz CT molecular complexity index is 538. The van der Waals surface area contributed by atoms with Crippen LogP contribution < -0.4 is 4.90 Å². The third-order valence-electron chi connectivity index (χ3n) is 3.23. The molecular weight excluding hydrogens is 246 g/mol. The van der Waals surface area contributed by atoms with Crippen molar-refractivity contribution in [2.75, 3.05) is 18.6 Å². The minimum atomic E-state index is -0.461. The van der Waals surface area contributed by atoms with Gasteiger partial charge in [-0.3, -0.25) is 14.4 Å². The highest BCUT2D eigenvalue weighted by Gasteiger charge is 2.36. The third-order valence-corrected chi connectivity index (χ3v) is 3.23. The Morgan fingerprint density at radius 3 is 2.63 bits per heavy atom. The Hall–Kier alpha value is -2.17. The van der Waals surface area contributed by atoms with E-state index in [2.05, 4.69) is 4.74 Å². The summed E-state index contributed by atoms with van der Waals surface area (Å²) in [4.78, 5) is 36.5. The lowest BCUT2D eigenvalue weighted by atomic mass is 10.1. The molecule has 0 spiro atoms. The van der Waals surface area contributed by atoms with Crippen molar-refractivity contribution in [3.63, 3.8) is 0 Å². The fraction of sp³-hybridized carbons (Fsp3) is 0.357. The van der Waals surface area contributed by atoms with Crippen LogP contribution in [0.4, 0.5) is 5.69 Å². The van der Waals surface area contributed by atoms with Gasteiger partial charge in [-0.15, -0.1) is 0 Å². The second-order valence-electron chi connectivity index (χ2n) is 4.50. The zero-order valence-corrected chi connectivity index (χ0v) is 10.9. The lowest BCUT2D eigenvalue weighted by Crippen LogP contribution is -2.27. The van der Waals surface area contributed by atoms with Crippen molar-refractivity contribution in [1.29, 1.82) is 0 Å². The van der Waals surface area contributed by atoms with Crippen molar-refractivity contribution in [3.05, 3.63) is 29.8 Å². The monoisotopic (exact) mass is 261 g/mol. The molecule has 1 aromatic carbocycles. The summed E-state index contributed by atoms with van der Waals surface area (Å²) in [5, 5.41) is 0. The van der Waals surface area contributed by atoms with Gasteiger partial charge in [-0.05, 0) is 19.1 Å². The van der Waals surface area contributed by atoms with Crippen LogP contribution in [0.3, 0.4) is 0 Å². The number of rotatable bonds is 3. The van der Waals surface area contributed by atoms with Crippen molar-refractivity contribution < 1.29 is 19.1 Å². The van der Waals surface area contributed by atoms with Gasteiger partial charge in [0, 0.05) is 18.5 Å². The summed E-state index contributed by atoms with van der Waals surface area (Å²) in [5.41, 5.74) is 1.05. The third kappa shape index (κ3) is 2.50. The summed E-state index contributed by atoms with van der Waals surface area (Å²) in [6.07, 6.45) is 0.124. The first-order valence-corrected chi connectivity index (χ1v) is 6.02. The van der Waals surface area contributed by atoms with Crippen molar-refractivity contribution >= 4 is 23.3 Å². The number of hydrogen-bond acceptors (Lipinski definition) is 4. The molecule has 0 saturated carbocycles. The SMILES string of the molecule is COC(=O)C1CC(=O)N(c2ccccc2C(C)=O)C1. The summed E-state index contributed by atoms with van der Waals surface area (Å²) in [7, 11) is 1.30. The number of nitrogens with zero attached hydrogens (tertiary/aromatic N) is 1. The molecule has 1 atom stereocenters. The maximum absolute atomic E-state index is 12.0. The maximum atomic E-state index is 12.0. The molecule has 1 unspecified atom stereocenters. The van der Waals surface area contributed by atoms with Crippen molar-refractivity contribution in [2.24, 2.45) is 5.92 Å². The van der Waals surface area contributed by atoms with Crippen LogP contribution in [0.15, 0.2) is 24.3 Å². The molecule has 19 heavy (non-hydrogen) atoms. The predicted molar refractivity (Wildman–Crippen MR) is 68.9 cm³/mol. The Morgan fingerprint density at radius 2 is 2.00 bits per heavy atom. The summed E-state index contributed by atoms with van der Waals surface area (Å²) >= 11 is 0. The molecule has 100 valence electrons. The van der Waals surface area contributed by atoms with E-state index in [1.165, 1.54) is 18.9 Å². The van der Waals surface area contributed by atoms with Gasteiger partial charge in [0.25, 0.3) is 0 Å². The topological polar surface area (TPSA) is 63.7 Å². The van der Waals surface area contributed by atoms with Crippen LogP contribution in [0.1, 0.15) is 23.7 Å². The number of amides is 1. The molecule has 1 aliphatic rings. The molecule has 0 aliphatic carbocycles. The highest BCUT2D eigenvalue weighted by atomic mass is 16.5. The van der Waals surface area contributed by atoms with Crippen molar-refractivity contribution in [1.82, 2.24) is 0 Å². The molecule has 0 N–H and O–H groups in total. The molecule has 1 heterocycles. The fourth-order valence-electron chi connectivity index (χ4n) is 2.27. The van der Waals surface area contributed by atoms with E-state index >= 15 is 0 Å². The number of hydrogen-bond donors (Lipinski definition) is 0. The molecule has 0 radical (unpaired) electrons. The molecule has 0 aromatic heterocycles. The van der Waals surface area contributed by atoms with Gasteiger partial charge in [0.15, 0.2) is 5.78 Å². The average Bonchev–Trinajstić information content (AvgIpc) is 2.79. The highest BCUT2D eigenvalue weighted by Crippen LogP contribution is 2.28. The number of ether oxygens (including phenoxy) is 1. The van der Waals surface area contributed by atoms with Crippen LogP contribution >= 0.6 is 0 Å². The number of ketones is 1. The summed E-state index contributed by atoms with van der Waals surface area (Å²) in [6, 6.07) is 6.91. The van der Waals surface area contributed by atoms with E-state index in [1.54, 1.807) is 24.3 Å². The molecule has 5 nitrogen and oxygen atoms in total. The molecule has 1 aromatic rings. The Balaban J connectivity index is 2.31. The zero-order chi connectivity index (χ0) is 14.0. The summed E-state index contributed by atoms with van der Waals surface area (Å²) in [6.45, 7) is 1.72. The molecule has 1 aliphatic heterocycles. The van der Waals surface area contributed by atoms with Gasteiger partial charge in [-0.1, -0.05) is 12.1 Å². The number of para-hydroxylation sites is 1. The van der Waals surface area contributed by atoms with Gasteiger partial charge in [0.2, 0.25) is 5.91 Å². The normalized spacial score (nSPS) is 18.5. The molecule has 1 fully saturated rings. The Morgan fingerprint density at radius 1 is 1.32 bits per heavy atom. The number of methoxy groups -OCH3 is 1. The minimum absolute atomic E-state index is 0.107. The number of carbonyl (C=O) groups is 3. The molecule has 1 saturated heterocycles. The zero-order valence-electron chi connectivity index (χ0n) is 10.9. The van der Waals surface area contributed by atoms with Crippen molar-refractivity contribution in [2.45, 2.75) is 13.3 Å². The number of Topliss-reactive ketones (excluding diaryl/α,β-unsaturated/α-hetero) is 1. The fourth-order valence-corrected chi connectivity index (χ4v) is 2.27. The van der Waals surface area contributed by atoms with Gasteiger partial charge in [0.05, 0.1) is 18.7 Å². The van der Waals surface area contributed by atoms with E-state index in [0.717, 1.165) is 0 Å². The lowest BCUT2D eigenvalue weighted by molar-refractivity contribution is -0.145. The van der Waals surface area contributed by atoms with E-state index in [9.17, 15) is 14.4 Å². The Kier molecular flexibility index (Phi) is 3.64. The quantitative estimate of drug-likeness (QED) is 0.609. The maximum Gasteiger partial charge on any atom is 0.311 e. The summed E-state index contributed by atoms with van der Waals surface area (Å²) < 4.78 is 4.66. The first-order valence-electron chi connectivity index (χ1n) is 6.02. The first-order chi connectivity index (χ1) is 9.04. The number of carbonyl (C=O) groups excluding carboxylic acids is 3. The highest BCUT2D eigenvalue weighted by molar-refractivity contribution is 6.06. The number of esters is 1. The van der Waals surface area contributed by atoms with Crippen LogP contribution in [0, 0.1) is 5.92 Å². The van der Waals surface area contributed by atoms with Gasteiger partial charge < -0.3 is 9.64 Å². The average molecular weight is 261 g/mol. The van der Waals surface area contributed by atoms with Gasteiger partial charge in [-0.25, -0.2) is 0 Å². The molecule has 5 heteroatoms.